The van der Waals surface area contributed by atoms with Crippen molar-refractivity contribution >= 4 is 13.1 Å². The molecule has 27 heavy (non-hydrogen) atoms. The molecular formula is C21H30BNO4. The van der Waals surface area contributed by atoms with Gasteiger partial charge in [-0.25, -0.2) is 4.79 Å². The minimum atomic E-state index is -0.518. The van der Waals surface area contributed by atoms with Gasteiger partial charge in [0.15, 0.2) is 0 Å². The predicted octanol–water partition coefficient (Wildman–Crippen LogP) is 3.85. The lowest BCUT2D eigenvalue weighted by Crippen LogP contribution is -2.63. The number of hydrogen-bond donors (Lipinski definition) is 0. The van der Waals surface area contributed by atoms with E-state index in [2.05, 4.69) is 25.8 Å². The Morgan fingerprint density at radius 3 is 2.78 bits per heavy atom. The van der Waals surface area contributed by atoms with Gasteiger partial charge in [0.1, 0.15) is 5.60 Å². The molecule has 5 nitrogen and oxygen atoms in total. The summed E-state index contributed by atoms with van der Waals surface area (Å²) in [5, 5.41) is 0. The van der Waals surface area contributed by atoms with Crippen LogP contribution in [0.3, 0.4) is 0 Å². The second kappa shape index (κ2) is 6.05. The molecule has 1 aromatic rings. The van der Waals surface area contributed by atoms with Gasteiger partial charge in [0.25, 0.3) is 0 Å². The van der Waals surface area contributed by atoms with Gasteiger partial charge in [0.2, 0.25) is 0 Å². The van der Waals surface area contributed by atoms with Crippen LogP contribution in [0.4, 0.5) is 0 Å². The van der Waals surface area contributed by atoms with Crippen molar-refractivity contribution in [2.24, 2.45) is 17.3 Å². The van der Waals surface area contributed by atoms with Crippen LogP contribution in [0.2, 0.25) is 0 Å². The highest BCUT2D eigenvalue weighted by Crippen LogP contribution is 2.64. The number of esters is 1. The maximum Gasteiger partial charge on any atom is 0.463 e. The number of rotatable bonds is 3. The molecule has 2 heterocycles. The fraction of sp³-hybridized carbons (Fsp3) is 0.714. The van der Waals surface area contributed by atoms with Gasteiger partial charge in [-0.1, -0.05) is 13.8 Å². The standard InChI is InChI=1S/C21H30BNO4/c1-19(2,3)25-18(24)13-7-8-23-15(9-13)12-22-26-17-16-10-14(20(16,4)5)11-21(17,6)27-22/h7-9,14,16-17H,10-12H2,1-6H3/t14-,16+,17?,21+/m1/s1. The highest BCUT2D eigenvalue weighted by atomic mass is 16.7. The van der Waals surface area contributed by atoms with Crippen molar-refractivity contribution in [3.05, 3.63) is 29.6 Å². The van der Waals surface area contributed by atoms with E-state index in [1.54, 1.807) is 18.3 Å². The van der Waals surface area contributed by atoms with Crippen molar-refractivity contribution < 1.29 is 18.8 Å². The van der Waals surface area contributed by atoms with Gasteiger partial charge in [-0.15, -0.1) is 0 Å². The first kappa shape index (κ1) is 18.9. The van der Waals surface area contributed by atoms with Crippen LogP contribution in [-0.4, -0.2) is 35.4 Å². The zero-order valence-electron chi connectivity index (χ0n) is 17.2. The Kier molecular flexibility index (Phi) is 4.24. The van der Waals surface area contributed by atoms with E-state index in [4.69, 9.17) is 14.0 Å². The molecule has 0 radical (unpaired) electrons. The maximum atomic E-state index is 12.3. The summed E-state index contributed by atoms with van der Waals surface area (Å²) in [6.07, 6.45) is 4.65. The van der Waals surface area contributed by atoms with Crippen molar-refractivity contribution in [1.29, 1.82) is 0 Å². The Hall–Kier alpha value is -1.40. The lowest BCUT2D eigenvalue weighted by Gasteiger charge is -2.63. The highest BCUT2D eigenvalue weighted by Gasteiger charge is 2.66. The number of nitrogens with zero attached hydrogens (tertiary/aromatic N) is 1. The molecule has 6 heteroatoms. The summed E-state index contributed by atoms with van der Waals surface area (Å²) >= 11 is 0. The normalized spacial score (nSPS) is 34.0. The molecule has 4 fully saturated rings. The SMILES string of the molecule is CC(C)(C)OC(=O)c1ccnc(CB2OC3[C@@H]4C[C@H](C[C@]3(C)O2)C4(C)C)c1. The molecule has 2 bridgehead atoms. The van der Waals surface area contributed by atoms with E-state index in [1.165, 1.54) is 6.42 Å². The summed E-state index contributed by atoms with van der Waals surface area (Å²) in [7, 11) is -0.309. The quantitative estimate of drug-likeness (QED) is 0.597. The molecule has 0 amide bonds. The van der Waals surface area contributed by atoms with Crippen LogP contribution in [0.25, 0.3) is 0 Å². The van der Waals surface area contributed by atoms with E-state index < -0.39 is 5.60 Å². The van der Waals surface area contributed by atoms with E-state index in [0.29, 0.717) is 23.2 Å². The van der Waals surface area contributed by atoms with E-state index in [-0.39, 0.29) is 24.8 Å². The number of ether oxygens (including phenoxy) is 1. The number of aromatic nitrogens is 1. The highest BCUT2D eigenvalue weighted by molar-refractivity contribution is 6.44. The molecule has 3 saturated carbocycles. The first-order valence-corrected chi connectivity index (χ1v) is 9.99. The zero-order chi connectivity index (χ0) is 19.6. The summed E-state index contributed by atoms with van der Waals surface area (Å²) in [5.41, 5.74) is 0.932. The molecule has 1 aliphatic heterocycles. The Morgan fingerprint density at radius 2 is 2.11 bits per heavy atom. The molecule has 1 aromatic heterocycles. The van der Waals surface area contributed by atoms with Crippen LogP contribution in [-0.2, 0) is 20.4 Å². The Balaban J connectivity index is 1.45. The molecule has 4 aliphatic rings. The lowest BCUT2D eigenvalue weighted by atomic mass is 9.45. The van der Waals surface area contributed by atoms with Crippen LogP contribution < -0.4 is 0 Å². The van der Waals surface area contributed by atoms with Gasteiger partial charge in [0, 0.05) is 18.2 Å². The van der Waals surface area contributed by atoms with Crippen LogP contribution in [0.5, 0.6) is 0 Å². The Bertz CT molecular complexity index is 759. The Labute approximate surface area is 162 Å². The molecule has 0 aromatic carbocycles. The van der Waals surface area contributed by atoms with E-state index in [9.17, 15) is 4.79 Å². The fourth-order valence-electron chi connectivity index (χ4n) is 5.11. The van der Waals surface area contributed by atoms with Gasteiger partial charge in [-0.3, -0.25) is 4.98 Å². The van der Waals surface area contributed by atoms with Gasteiger partial charge in [-0.05, 0) is 69.9 Å². The third-order valence-electron chi connectivity index (χ3n) is 6.69. The minimum absolute atomic E-state index is 0.150. The monoisotopic (exact) mass is 371 g/mol. The van der Waals surface area contributed by atoms with Crippen molar-refractivity contribution in [2.75, 3.05) is 0 Å². The molecule has 1 saturated heterocycles. The van der Waals surface area contributed by atoms with Crippen LogP contribution >= 0.6 is 0 Å². The van der Waals surface area contributed by atoms with Crippen LogP contribution in [0.15, 0.2) is 18.3 Å². The van der Waals surface area contributed by atoms with E-state index in [0.717, 1.165) is 18.0 Å². The Morgan fingerprint density at radius 1 is 1.37 bits per heavy atom. The average molecular weight is 371 g/mol. The number of carbonyl (C=O) groups is 1. The van der Waals surface area contributed by atoms with Crippen molar-refractivity contribution in [3.8, 4) is 0 Å². The third kappa shape index (κ3) is 3.31. The number of hydrogen-bond acceptors (Lipinski definition) is 5. The second-order valence-corrected chi connectivity index (χ2v) is 10.2. The first-order chi connectivity index (χ1) is 12.5. The summed E-state index contributed by atoms with van der Waals surface area (Å²) < 4.78 is 18.2. The van der Waals surface area contributed by atoms with Crippen molar-refractivity contribution in [2.45, 2.75) is 78.0 Å². The summed E-state index contributed by atoms with van der Waals surface area (Å²) in [4.78, 5) is 16.7. The number of pyridine rings is 1. The van der Waals surface area contributed by atoms with Crippen molar-refractivity contribution in [3.63, 3.8) is 0 Å². The zero-order valence-corrected chi connectivity index (χ0v) is 17.2. The molecule has 3 aliphatic carbocycles. The van der Waals surface area contributed by atoms with Crippen LogP contribution in [0, 0.1) is 17.3 Å². The van der Waals surface area contributed by atoms with E-state index in [1.807, 2.05) is 20.8 Å². The largest absolute Gasteiger partial charge is 0.463 e. The lowest BCUT2D eigenvalue weighted by molar-refractivity contribution is -0.185. The van der Waals surface area contributed by atoms with Gasteiger partial charge < -0.3 is 14.0 Å². The third-order valence-corrected chi connectivity index (χ3v) is 6.69. The molecular weight excluding hydrogens is 341 g/mol. The molecule has 1 unspecified atom stereocenters. The van der Waals surface area contributed by atoms with Gasteiger partial charge >= 0.3 is 13.1 Å². The van der Waals surface area contributed by atoms with Gasteiger partial charge in [-0.2, -0.15) is 0 Å². The number of carbonyl (C=O) groups excluding carboxylic acids is 1. The van der Waals surface area contributed by atoms with Crippen molar-refractivity contribution in [1.82, 2.24) is 4.98 Å². The summed E-state index contributed by atoms with van der Waals surface area (Å²) in [6, 6.07) is 3.47. The van der Waals surface area contributed by atoms with Gasteiger partial charge in [0.05, 0.1) is 17.3 Å². The molecule has 0 N–H and O–H groups in total. The second-order valence-electron chi connectivity index (χ2n) is 10.2. The topological polar surface area (TPSA) is 57.7 Å². The molecule has 5 rings (SSSR count). The fourth-order valence-corrected chi connectivity index (χ4v) is 5.11. The predicted molar refractivity (Wildman–Crippen MR) is 103 cm³/mol. The average Bonchev–Trinajstić information content (AvgIpc) is 2.88. The molecule has 4 atom stereocenters. The smallest absolute Gasteiger partial charge is 0.456 e. The van der Waals surface area contributed by atoms with E-state index >= 15 is 0 Å². The minimum Gasteiger partial charge on any atom is -0.456 e. The summed E-state index contributed by atoms with van der Waals surface area (Å²) in [5.74, 6) is 0.953. The summed E-state index contributed by atoms with van der Waals surface area (Å²) in [6.45, 7) is 12.5. The maximum absolute atomic E-state index is 12.3. The first-order valence-electron chi connectivity index (χ1n) is 9.99. The molecule has 146 valence electrons. The van der Waals surface area contributed by atoms with Crippen LogP contribution in [0.1, 0.15) is 70.4 Å². The molecule has 0 spiro atoms.